The zero-order valence-corrected chi connectivity index (χ0v) is 19.1. The summed E-state index contributed by atoms with van der Waals surface area (Å²) in [5.74, 6) is 0.870. The number of hydrogen-bond acceptors (Lipinski definition) is 4. The Morgan fingerprint density at radius 1 is 1.23 bits per heavy atom. The van der Waals surface area contributed by atoms with Crippen LogP contribution in [0, 0.1) is 12.8 Å². The normalized spacial score (nSPS) is 19.0. The van der Waals surface area contributed by atoms with Crippen molar-refractivity contribution in [2.24, 2.45) is 5.92 Å². The lowest BCUT2D eigenvalue weighted by Crippen LogP contribution is -2.52. The van der Waals surface area contributed by atoms with Gasteiger partial charge in [-0.25, -0.2) is 4.79 Å². The predicted molar refractivity (Wildman–Crippen MR) is 124 cm³/mol. The summed E-state index contributed by atoms with van der Waals surface area (Å²) in [5.41, 5.74) is 1.95. The lowest BCUT2D eigenvalue weighted by molar-refractivity contribution is -0.126. The Morgan fingerprint density at radius 3 is 2.74 bits per heavy atom. The number of ether oxygens (including phenoxy) is 1. The molecule has 1 aromatic carbocycles. The summed E-state index contributed by atoms with van der Waals surface area (Å²) in [7, 11) is 0. The average Bonchev–Trinajstić information content (AvgIpc) is 3.31. The fourth-order valence-electron chi connectivity index (χ4n) is 4.26. The van der Waals surface area contributed by atoms with E-state index in [2.05, 4.69) is 23.7 Å². The number of aryl methyl sites for hydroxylation is 1. The number of carbonyl (C=O) groups is 2. The largest absolute Gasteiger partial charge is 0.486 e. The highest BCUT2D eigenvalue weighted by Crippen LogP contribution is 2.36. The van der Waals surface area contributed by atoms with Crippen molar-refractivity contribution in [3.05, 3.63) is 46.2 Å². The number of anilines is 1. The summed E-state index contributed by atoms with van der Waals surface area (Å²) in [6, 6.07) is 10.1. The molecule has 7 heteroatoms. The van der Waals surface area contributed by atoms with Gasteiger partial charge in [-0.05, 0) is 61.7 Å². The molecule has 166 valence electrons. The van der Waals surface area contributed by atoms with Gasteiger partial charge in [0.05, 0.1) is 12.2 Å². The van der Waals surface area contributed by atoms with Gasteiger partial charge in [-0.1, -0.05) is 19.1 Å². The van der Waals surface area contributed by atoms with Crippen molar-refractivity contribution in [3.8, 4) is 5.75 Å². The van der Waals surface area contributed by atoms with Crippen LogP contribution in [0.1, 0.15) is 36.6 Å². The summed E-state index contributed by atoms with van der Waals surface area (Å²) >= 11 is 1.72. The van der Waals surface area contributed by atoms with Crippen molar-refractivity contribution >= 4 is 29.0 Å². The highest BCUT2D eigenvalue weighted by molar-refractivity contribution is 7.09. The molecule has 1 fully saturated rings. The number of nitrogens with zero attached hydrogens (tertiary/aromatic N) is 2. The zero-order valence-electron chi connectivity index (χ0n) is 18.3. The van der Waals surface area contributed by atoms with Gasteiger partial charge in [-0.15, -0.1) is 11.3 Å². The first-order valence-corrected chi connectivity index (χ1v) is 12.1. The number of nitrogens with one attached hydrogen (secondary N) is 1. The van der Waals surface area contributed by atoms with Crippen LogP contribution in [0.3, 0.4) is 0 Å². The zero-order chi connectivity index (χ0) is 21.8. The Kier molecular flexibility index (Phi) is 6.80. The third-order valence-electron chi connectivity index (χ3n) is 6.16. The van der Waals surface area contributed by atoms with Crippen LogP contribution in [0.4, 0.5) is 10.5 Å². The van der Waals surface area contributed by atoms with E-state index in [1.807, 2.05) is 41.0 Å². The molecule has 0 radical (unpaired) electrons. The number of piperidine rings is 1. The Hall–Kier alpha value is -2.54. The molecular weight excluding hydrogens is 410 g/mol. The summed E-state index contributed by atoms with van der Waals surface area (Å²) in [4.78, 5) is 31.0. The molecule has 6 nitrogen and oxygen atoms in total. The van der Waals surface area contributed by atoms with Crippen LogP contribution in [-0.4, -0.2) is 49.1 Å². The highest BCUT2D eigenvalue weighted by atomic mass is 32.1. The van der Waals surface area contributed by atoms with Gasteiger partial charge in [0.2, 0.25) is 5.91 Å². The lowest BCUT2D eigenvalue weighted by Gasteiger charge is -2.39. The van der Waals surface area contributed by atoms with E-state index in [-0.39, 0.29) is 24.0 Å². The Labute approximate surface area is 188 Å². The van der Waals surface area contributed by atoms with Crippen molar-refractivity contribution < 1.29 is 14.3 Å². The summed E-state index contributed by atoms with van der Waals surface area (Å²) < 4.78 is 6.05. The van der Waals surface area contributed by atoms with Crippen molar-refractivity contribution in [1.29, 1.82) is 0 Å². The number of rotatable bonds is 5. The van der Waals surface area contributed by atoms with E-state index in [0.717, 1.165) is 29.8 Å². The molecule has 2 aromatic rings. The molecule has 2 aliphatic heterocycles. The molecule has 1 atom stereocenters. The van der Waals surface area contributed by atoms with Crippen LogP contribution >= 0.6 is 11.3 Å². The van der Waals surface area contributed by atoms with Crippen LogP contribution in [0.15, 0.2) is 35.7 Å². The van der Waals surface area contributed by atoms with Gasteiger partial charge in [0, 0.05) is 30.4 Å². The van der Waals surface area contributed by atoms with Crippen LogP contribution in [-0.2, 0) is 11.2 Å². The van der Waals surface area contributed by atoms with Gasteiger partial charge in [0.25, 0.3) is 0 Å². The van der Waals surface area contributed by atoms with Crippen LogP contribution in [0.5, 0.6) is 5.75 Å². The molecule has 31 heavy (non-hydrogen) atoms. The Bertz CT molecular complexity index is 907. The molecule has 0 spiro atoms. The molecule has 1 aromatic heterocycles. The van der Waals surface area contributed by atoms with Crippen LogP contribution in [0.25, 0.3) is 0 Å². The topological polar surface area (TPSA) is 61.9 Å². The number of thiophene rings is 1. The summed E-state index contributed by atoms with van der Waals surface area (Å²) in [6.07, 6.45) is 3.14. The van der Waals surface area contributed by atoms with Gasteiger partial charge >= 0.3 is 6.03 Å². The smallest absolute Gasteiger partial charge is 0.324 e. The standard InChI is InChI=1S/C24H31N3O3S/c1-3-19-16-27(21-15-17(2)6-7-22(21)30-19)24(29)26-12-9-18(10-13-26)23(28)25-11-8-20-5-4-14-31-20/h4-7,14-15,18-19H,3,8-13,16H2,1-2H3,(H,25,28). The first-order valence-electron chi connectivity index (χ1n) is 11.2. The van der Waals surface area contributed by atoms with Crippen LogP contribution < -0.4 is 15.0 Å². The van der Waals surface area contributed by atoms with Crippen molar-refractivity contribution in [2.45, 2.75) is 45.6 Å². The van der Waals surface area contributed by atoms with Gasteiger partial charge in [0.15, 0.2) is 0 Å². The maximum absolute atomic E-state index is 13.4. The number of amides is 3. The second-order valence-corrected chi connectivity index (χ2v) is 9.43. The van der Waals surface area contributed by atoms with E-state index in [1.165, 1.54) is 4.88 Å². The quantitative estimate of drug-likeness (QED) is 0.756. The molecule has 0 aliphatic carbocycles. The van der Waals surface area contributed by atoms with E-state index in [4.69, 9.17) is 4.74 Å². The number of likely N-dealkylation sites (tertiary alicyclic amines) is 1. The minimum absolute atomic E-state index is 0.00539. The third kappa shape index (κ3) is 5.03. The molecule has 3 heterocycles. The molecular formula is C24H31N3O3S. The molecule has 0 bridgehead atoms. The number of carbonyl (C=O) groups excluding carboxylic acids is 2. The van der Waals surface area contributed by atoms with Gasteiger partial charge < -0.3 is 15.0 Å². The minimum atomic E-state index is -0.0185. The lowest BCUT2D eigenvalue weighted by atomic mass is 9.96. The Balaban J connectivity index is 1.33. The van der Waals surface area contributed by atoms with Crippen molar-refractivity contribution in [1.82, 2.24) is 10.2 Å². The van der Waals surface area contributed by atoms with Gasteiger partial charge in [0.1, 0.15) is 11.9 Å². The van der Waals surface area contributed by atoms with E-state index < -0.39 is 0 Å². The maximum atomic E-state index is 13.4. The molecule has 0 saturated carbocycles. The number of urea groups is 1. The highest BCUT2D eigenvalue weighted by Gasteiger charge is 2.34. The number of hydrogen-bond donors (Lipinski definition) is 1. The van der Waals surface area contributed by atoms with Crippen LogP contribution in [0.2, 0.25) is 0 Å². The fourth-order valence-corrected chi connectivity index (χ4v) is 4.97. The van der Waals surface area contributed by atoms with Gasteiger partial charge in [-0.3, -0.25) is 9.69 Å². The molecule has 1 unspecified atom stereocenters. The first-order chi connectivity index (χ1) is 15.0. The second kappa shape index (κ2) is 9.73. The molecule has 1 N–H and O–H groups in total. The first kappa shape index (κ1) is 21.7. The SMILES string of the molecule is CCC1CN(C(=O)N2CCC(C(=O)NCCc3cccs3)CC2)c2cc(C)ccc2O1. The molecule has 4 rings (SSSR count). The molecule has 2 aliphatic rings. The average molecular weight is 442 g/mol. The van der Waals surface area contributed by atoms with E-state index in [0.29, 0.717) is 39.0 Å². The van der Waals surface area contributed by atoms with Crippen molar-refractivity contribution in [3.63, 3.8) is 0 Å². The second-order valence-electron chi connectivity index (χ2n) is 8.39. The van der Waals surface area contributed by atoms with E-state index >= 15 is 0 Å². The molecule has 3 amide bonds. The van der Waals surface area contributed by atoms with Gasteiger partial charge in [-0.2, -0.15) is 0 Å². The summed E-state index contributed by atoms with van der Waals surface area (Å²) in [5, 5.41) is 5.12. The number of benzene rings is 1. The Morgan fingerprint density at radius 2 is 2.03 bits per heavy atom. The predicted octanol–water partition coefficient (Wildman–Crippen LogP) is 4.22. The maximum Gasteiger partial charge on any atom is 0.324 e. The monoisotopic (exact) mass is 441 g/mol. The fraction of sp³-hybridized carbons (Fsp3) is 0.500. The van der Waals surface area contributed by atoms with E-state index in [1.54, 1.807) is 11.3 Å². The third-order valence-corrected chi connectivity index (χ3v) is 7.09. The summed E-state index contributed by atoms with van der Waals surface area (Å²) in [6.45, 7) is 6.55. The number of fused-ring (bicyclic) bond motifs is 1. The minimum Gasteiger partial charge on any atom is -0.486 e. The molecule has 1 saturated heterocycles. The van der Waals surface area contributed by atoms with Crippen molar-refractivity contribution in [2.75, 3.05) is 31.1 Å². The van der Waals surface area contributed by atoms with E-state index in [9.17, 15) is 9.59 Å².